The summed E-state index contributed by atoms with van der Waals surface area (Å²) in [4.78, 5) is 0. The monoisotopic (exact) mass is 262 g/mol. The number of hydrazone groups is 1. The molecule has 0 fully saturated rings. The Morgan fingerprint density at radius 2 is 1.78 bits per heavy atom. The van der Waals surface area contributed by atoms with Gasteiger partial charge in [-0.3, -0.25) is 5.43 Å². The van der Waals surface area contributed by atoms with Crippen molar-refractivity contribution in [1.82, 2.24) is 0 Å². The molecule has 0 spiro atoms. The zero-order valence-electron chi connectivity index (χ0n) is 9.82. The molecule has 1 N–H and O–H groups in total. The lowest BCUT2D eigenvalue weighted by Gasteiger charge is -2.03. The van der Waals surface area contributed by atoms with Crippen LogP contribution in [-0.2, 0) is 0 Å². The van der Waals surface area contributed by atoms with Crippen LogP contribution in [0.4, 0.5) is 10.1 Å². The summed E-state index contributed by atoms with van der Waals surface area (Å²) in [6, 6.07) is 13.9. The third-order valence-electron chi connectivity index (χ3n) is 2.43. The number of benzene rings is 2. The molecule has 0 amide bonds. The number of anilines is 1. The van der Waals surface area contributed by atoms with E-state index in [0.717, 1.165) is 11.3 Å². The van der Waals surface area contributed by atoms with Crippen molar-refractivity contribution in [3.05, 3.63) is 65.5 Å². The summed E-state index contributed by atoms with van der Waals surface area (Å²) in [5.74, 6) is -0.392. The first-order valence-electron chi connectivity index (χ1n) is 5.47. The fraction of sp³-hybridized carbons (Fsp3) is 0.0714. The summed E-state index contributed by atoms with van der Waals surface area (Å²) >= 11 is 5.94. The lowest BCUT2D eigenvalue weighted by molar-refractivity contribution is 0.625. The molecule has 92 valence electrons. The zero-order chi connectivity index (χ0) is 13.0. The van der Waals surface area contributed by atoms with E-state index < -0.39 is 5.82 Å². The fourth-order valence-corrected chi connectivity index (χ4v) is 1.63. The van der Waals surface area contributed by atoms with Gasteiger partial charge in [-0.15, -0.1) is 0 Å². The number of hydrogen-bond donors (Lipinski definition) is 1. The highest BCUT2D eigenvalue weighted by molar-refractivity contribution is 6.69. The Labute approximate surface area is 110 Å². The third kappa shape index (κ3) is 3.08. The summed E-state index contributed by atoms with van der Waals surface area (Å²) in [7, 11) is 0. The van der Waals surface area contributed by atoms with Crippen LogP contribution in [0.2, 0.25) is 0 Å². The van der Waals surface area contributed by atoms with E-state index in [0.29, 0.717) is 0 Å². The van der Waals surface area contributed by atoms with E-state index in [2.05, 4.69) is 10.5 Å². The molecule has 0 saturated heterocycles. The van der Waals surface area contributed by atoms with E-state index >= 15 is 0 Å². The standard InChI is InChI=1S/C14H12ClFN2/c1-10-6-8-11(9-7-10)17-18-14(15)12-4-2-3-5-13(12)16/h2-9,17H,1H3. The van der Waals surface area contributed by atoms with Crippen molar-refractivity contribution >= 4 is 22.5 Å². The zero-order valence-corrected chi connectivity index (χ0v) is 10.6. The van der Waals surface area contributed by atoms with E-state index in [1.165, 1.54) is 6.07 Å². The topological polar surface area (TPSA) is 24.4 Å². The Bertz CT molecular complexity index is 564. The average Bonchev–Trinajstić information content (AvgIpc) is 2.38. The molecule has 0 saturated carbocycles. The first-order valence-corrected chi connectivity index (χ1v) is 5.85. The van der Waals surface area contributed by atoms with Crippen LogP contribution < -0.4 is 5.43 Å². The minimum Gasteiger partial charge on any atom is -0.277 e. The lowest BCUT2D eigenvalue weighted by atomic mass is 10.2. The SMILES string of the molecule is Cc1ccc(NN=C(Cl)c2ccccc2F)cc1. The molecule has 0 aliphatic carbocycles. The third-order valence-corrected chi connectivity index (χ3v) is 2.72. The maximum absolute atomic E-state index is 13.4. The summed E-state index contributed by atoms with van der Waals surface area (Å²) in [5, 5.41) is 4.04. The molecule has 2 aromatic rings. The van der Waals surface area contributed by atoms with Gasteiger partial charge >= 0.3 is 0 Å². The van der Waals surface area contributed by atoms with Crippen LogP contribution >= 0.6 is 11.6 Å². The normalized spacial score (nSPS) is 11.4. The van der Waals surface area contributed by atoms with Gasteiger partial charge in [-0.2, -0.15) is 5.10 Å². The number of aryl methyl sites for hydroxylation is 1. The molecule has 0 aliphatic heterocycles. The molecule has 4 heteroatoms. The molecule has 2 aromatic carbocycles. The molecular weight excluding hydrogens is 251 g/mol. The smallest absolute Gasteiger partial charge is 0.159 e. The molecule has 0 radical (unpaired) electrons. The van der Waals surface area contributed by atoms with Crippen molar-refractivity contribution < 1.29 is 4.39 Å². The van der Waals surface area contributed by atoms with Crippen LogP contribution in [0.15, 0.2) is 53.6 Å². The number of rotatable bonds is 3. The van der Waals surface area contributed by atoms with Gasteiger partial charge in [0.2, 0.25) is 0 Å². The van der Waals surface area contributed by atoms with Gasteiger partial charge in [0.15, 0.2) is 5.17 Å². The van der Waals surface area contributed by atoms with Crippen molar-refractivity contribution in [2.24, 2.45) is 5.10 Å². The van der Waals surface area contributed by atoms with Gasteiger partial charge in [-0.25, -0.2) is 4.39 Å². The molecular formula is C14H12ClFN2. The predicted octanol–water partition coefficient (Wildman–Crippen LogP) is 4.15. The van der Waals surface area contributed by atoms with Crippen molar-refractivity contribution in [3.8, 4) is 0 Å². The molecule has 2 nitrogen and oxygen atoms in total. The molecule has 18 heavy (non-hydrogen) atoms. The first-order chi connectivity index (χ1) is 8.66. The maximum Gasteiger partial charge on any atom is 0.159 e. The van der Waals surface area contributed by atoms with Gasteiger partial charge in [0.1, 0.15) is 5.82 Å². The fourth-order valence-electron chi connectivity index (χ4n) is 1.43. The van der Waals surface area contributed by atoms with E-state index in [1.54, 1.807) is 18.2 Å². The highest BCUT2D eigenvalue weighted by atomic mass is 35.5. The quantitative estimate of drug-likeness (QED) is 0.652. The van der Waals surface area contributed by atoms with Gasteiger partial charge < -0.3 is 0 Å². The summed E-state index contributed by atoms with van der Waals surface area (Å²) < 4.78 is 13.4. The molecule has 2 rings (SSSR count). The van der Waals surface area contributed by atoms with Crippen LogP contribution in [0.1, 0.15) is 11.1 Å². The molecule has 0 atom stereocenters. The second-order valence-electron chi connectivity index (χ2n) is 3.86. The molecule has 0 heterocycles. The highest BCUT2D eigenvalue weighted by Gasteiger charge is 2.05. The van der Waals surface area contributed by atoms with Crippen LogP contribution in [0.5, 0.6) is 0 Å². The Morgan fingerprint density at radius 1 is 1.11 bits per heavy atom. The van der Waals surface area contributed by atoms with Gasteiger partial charge in [0, 0.05) is 5.56 Å². The van der Waals surface area contributed by atoms with Crippen molar-refractivity contribution in [1.29, 1.82) is 0 Å². The summed E-state index contributed by atoms with van der Waals surface area (Å²) in [6.07, 6.45) is 0. The van der Waals surface area contributed by atoms with Crippen molar-refractivity contribution in [2.45, 2.75) is 6.92 Å². The Hall–Kier alpha value is -1.87. The summed E-state index contributed by atoms with van der Waals surface area (Å²) in [6.45, 7) is 2.00. The minimum absolute atomic E-state index is 0.0914. The van der Waals surface area contributed by atoms with Crippen molar-refractivity contribution in [3.63, 3.8) is 0 Å². The Morgan fingerprint density at radius 3 is 2.44 bits per heavy atom. The van der Waals surface area contributed by atoms with E-state index in [9.17, 15) is 4.39 Å². The highest BCUT2D eigenvalue weighted by Crippen LogP contribution is 2.12. The van der Waals surface area contributed by atoms with E-state index in [-0.39, 0.29) is 10.7 Å². The second kappa shape index (κ2) is 5.65. The molecule has 0 unspecified atom stereocenters. The lowest BCUT2D eigenvalue weighted by Crippen LogP contribution is -1.99. The van der Waals surface area contributed by atoms with Gasteiger partial charge in [-0.1, -0.05) is 41.4 Å². The molecule has 0 bridgehead atoms. The van der Waals surface area contributed by atoms with Crippen LogP contribution in [0.25, 0.3) is 0 Å². The van der Waals surface area contributed by atoms with Gasteiger partial charge in [0.05, 0.1) is 5.69 Å². The largest absolute Gasteiger partial charge is 0.277 e. The maximum atomic E-state index is 13.4. The number of nitrogens with zero attached hydrogens (tertiary/aromatic N) is 1. The Kier molecular flexibility index (Phi) is 3.95. The molecule has 0 aromatic heterocycles. The van der Waals surface area contributed by atoms with Crippen LogP contribution in [0.3, 0.4) is 0 Å². The van der Waals surface area contributed by atoms with Crippen LogP contribution in [-0.4, -0.2) is 5.17 Å². The average molecular weight is 263 g/mol. The van der Waals surface area contributed by atoms with Crippen LogP contribution in [0, 0.1) is 12.7 Å². The Balaban J connectivity index is 2.14. The first kappa shape index (κ1) is 12.6. The minimum atomic E-state index is -0.392. The second-order valence-corrected chi connectivity index (χ2v) is 4.22. The number of nitrogens with one attached hydrogen (secondary N) is 1. The van der Waals surface area contributed by atoms with E-state index in [1.807, 2.05) is 31.2 Å². The van der Waals surface area contributed by atoms with Gasteiger partial charge in [-0.05, 0) is 31.2 Å². The van der Waals surface area contributed by atoms with Crippen molar-refractivity contribution in [2.75, 3.05) is 5.43 Å². The molecule has 0 aliphatic rings. The number of hydrogen-bond acceptors (Lipinski definition) is 2. The number of halogens is 2. The predicted molar refractivity (Wildman–Crippen MR) is 73.6 cm³/mol. The van der Waals surface area contributed by atoms with Gasteiger partial charge in [0.25, 0.3) is 0 Å². The van der Waals surface area contributed by atoms with E-state index in [4.69, 9.17) is 11.6 Å². The summed E-state index contributed by atoms with van der Waals surface area (Å²) in [5.41, 5.74) is 5.02.